The molecule has 1 saturated heterocycles. The summed E-state index contributed by atoms with van der Waals surface area (Å²) in [5, 5.41) is 0. The van der Waals surface area contributed by atoms with Gasteiger partial charge in [0, 0.05) is 12.1 Å². The van der Waals surface area contributed by atoms with Gasteiger partial charge in [0.05, 0.1) is 17.9 Å². The summed E-state index contributed by atoms with van der Waals surface area (Å²) in [4.78, 5) is 22.9. The summed E-state index contributed by atoms with van der Waals surface area (Å²) in [7, 11) is 0. The molecule has 1 aliphatic heterocycles. The van der Waals surface area contributed by atoms with Gasteiger partial charge in [-0.2, -0.15) is 0 Å². The molecule has 0 bridgehead atoms. The topological polar surface area (TPSA) is 67.5 Å². The van der Waals surface area contributed by atoms with Crippen LogP contribution in [0.15, 0.2) is 18.3 Å². The first-order valence-corrected chi connectivity index (χ1v) is 11.7. The van der Waals surface area contributed by atoms with E-state index >= 15 is 0 Å². The Hall–Kier alpha value is -1.77. The summed E-state index contributed by atoms with van der Waals surface area (Å²) in [6, 6.07) is 4.08. The van der Waals surface area contributed by atoms with Gasteiger partial charge in [-0.3, -0.25) is 4.90 Å². The number of benzene rings is 1. The van der Waals surface area contributed by atoms with Gasteiger partial charge in [0.15, 0.2) is 23.0 Å². The summed E-state index contributed by atoms with van der Waals surface area (Å²) < 4.78 is 11.2. The Morgan fingerprint density at radius 1 is 1.30 bits per heavy atom. The molecule has 4 rings (SSSR count). The molecule has 2 atom stereocenters. The maximum Gasteiger partial charge on any atom is 0.410 e. The highest BCUT2D eigenvalue weighted by Gasteiger charge is 2.39. The van der Waals surface area contributed by atoms with E-state index in [9.17, 15) is 4.79 Å². The molecule has 1 N–H and O–H groups in total. The standard InChI is InChI=1S/C23H30IN3O3/c1-5-14-11-19(27(13-14)22(28)29-23(2,3)4)21-25-12-18(26-21)16-9-10-20(30-24)17-8-6-7-15(16)17/h9-10,12,14,19H,5-8,11,13H2,1-4H3,(H,25,26). The predicted molar refractivity (Wildman–Crippen MR) is 125 cm³/mol. The molecule has 2 heterocycles. The van der Waals surface area contributed by atoms with E-state index in [-0.39, 0.29) is 12.1 Å². The molecule has 1 aromatic carbocycles. The van der Waals surface area contributed by atoms with E-state index in [1.54, 1.807) is 0 Å². The lowest BCUT2D eigenvalue weighted by Crippen LogP contribution is -2.37. The van der Waals surface area contributed by atoms with Crippen LogP contribution in [0.1, 0.15) is 70.0 Å². The molecule has 0 radical (unpaired) electrons. The molecule has 1 fully saturated rings. The lowest BCUT2D eigenvalue weighted by Gasteiger charge is -2.27. The van der Waals surface area contributed by atoms with Crippen LogP contribution in [0.2, 0.25) is 0 Å². The summed E-state index contributed by atoms with van der Waals surface area (Å²) >= 11 is 1.96. The molecule has 1 aliphatic carbocycles. The lowest BCUT2D eigenvalue weighted by molar-refractivity contribution is 0.0214. The van der Waals surface area contributed by atoms with E-state index in [2.05, 4.69) is 18.0 Å². The van der Waals surface area contributed by atoms with E-state index in [0.29, 0.717) is 12.5 Å². The molecule has 7 heteroatoms. The number of rotatable bonds is 4. The number of hydrogen-bond acceptors (Lipinski definition) is 4. The molecule has 2 aromatic rings. The van der Waals surface area contributed by atoms with Crippen LogP contribution < -0.4 is 3.07 Å². The third kappa shape index (κ3) is 4.18. The quantitative estimate of drug-likeness (QED) is 0.499. The van der Waals surface area contributed by atoms with E-state index < -0.39 is 5.60 Å². The third-order valence-corrected chi connectivity index (χ3v) is 6.59. The molecule has 162 valence electrons. The molecular formula is C23H30IN3O3. The smallest absolute Gasteiger partial charge is 0.410 e. The van der Waals surface area contributed by atoms with Gasteiger partial charge in [-0.05, 0) is 75.6 Å². The minimum Gasteiger partial charge on any atom is -0.444 e. The van der Waals surface area contributed by atoms with Crippen molar-refractivity contribution in [1.29, 1.82) is 0 Å². The van der Waals surface area contributed by atoms with Gasteiger partial charge in [0.2, 0.25) is 0 Å². The Morgan fingerprint density at radius 2 is 2.07 bits per heavy atom. The van der Waals surface area contributed by atoms with E-state index in [1.807, 2.05) is 60.9 Å². The van der Waals surface area contributed by atoms with Crippen LogP contribution in [0.3, 0.4) is 0 Å². The number of nitrogens with zero attached hydrogens (tertiary/aromatic N) is 2. The number of amides is 1. The van der Waals surface area contributed by atoms with E-state index in [1.165, 1.54) is 16.7 Å². The number of aromatic amines is 1. The van der Waals surface area contributed by atoms with Crippen LogP contribution in [-0.4, -0.2) is 33.1 Å². The summed E-state index contributed by atoms with van der Waals surface area (Å²) in [6.07, 6.45) is 6.84. The van der Waals surface area contributed by atoms with Crippen LogP contribution in [0, 0.1) is 5.92 Å². The van der Waals surface area contributed by atoms with E-state index in [4.69, 9.17) is 12.8 Å². The zero-order valence-electron chi connectivity index (χ0n) is 18.1. The molecular weight excluding hydrogens is 493 g/mol. The minimum absolute atomic E-state index is 0.0800. The molecule has 6 nitrogen and oxygen atoms in total. The fourth-order valence-corrected chi connectivity index (χ4v) is 5.05. The summed E-state index contributed by atoms with van der Waals surface area (Å²) in [5.74, 6) is 2.26. The number of aromatic nitrogens is 2. The number of carbonyl (C=O) groups is 1. The van der Waals surface area contributed by atoms with Gasteiger partial charge in [0.25, 0.3) is 0 Å². The number of imidazole rings is 1. The van der Waals surface area contributed by atoms with E-state index in [0.717, 1.165) is 49.4 Å². The van der Waals surface area contributed by atoms with Gasteiger partial charge >= 0.3 is 6.09 Å². The fraction of sp³-hybridized carbons (Fsp3) is 0.565. The first-order valence-electron chi connectivity index (χ1n) is 10.8. The lowest BCUT2D eigenvalue weighted by atomic mass is 10.0. The maximum atomic E-state index is 12.9. The molecule has 2 unspecified atom stereocenters. The second-order valence-electron chi connectivity index (χ2n) is 9.34. The molecule has 1 amide bonds. The van der Waals surface area contributed by atoms with Crippen LogP contribution in [-0.2, 0) is 17.6 Å². The van der Waals surface area contributed by atoms with Crippen molar-refractivity contribution in [1.82, 2.24) is 14.9 Å². The number of carbonyl (C=O) groups excluding carboxylic acids is 1. The Balaban J connectivity index is 1.63. The van der Waals surface area contributed by atoms with Crippen molar-refractivity contribution < 1.29 is 12.6 Å². The highest BCUT2D eigenvalue weighted by molar-refractivity contribution is 14.1. The normalized spacial score (nSPS) is 21.0. The van der Waals surface area contributed by atoms with Gasteiger partial charge < -0.3 is 12.8 Å². The molecule has 30 heavy (non-hydrogen) atoms. The van der Waals surface area contributed by atoms with Crippen molar-refractivity contribution in [3.8, 4) is 17.0 Å². The third-order valence-electron chi connectivity index (χ3n) is 6.12. The largest absolute Gasteiger partial charge is 0.444 e. The first-order chi connectivity index (χ1) is 14.3. The zero-order valence-corrected chi connectivity index (χ0v) is 20.3. The molecule has 2 aliphatic rings. The fourth-order valence-electron chi connectivity index (χ4n) is 4.64. The van der Waals surface area contributed by atoms with Gasteiger partial charge in [-0.25, -0.2) is 9.78 Å². The van der Waals surface area contributed by atoms with Crippen molar-refractivity contribution in [3.05, 3.63) is 35.3 Å². The van der Waals surface area contributed by atoms with Gasteiger partial charge in [0.1, 0.15) is 17.2 Å². The van der Waals surface area contributed by atoms with Crippen LogP contribution in [0.5, 0.6) is 5.75 Å². The average Bonchev–Trinajstić information content (AvgIpc) is 3.43. The summed E-state index contributed by atoms with van der Waals surface area (Å²) in [5.41, 5.74) is 4.34. The van der Waals surface area contributed by atoms with Crippen molar-refractivity contribution in [2.45, 2.75) is 71.4 Å². The molecule has 0 spiro atoms. The number of H-pyrrole nitrogens is 1. The summed E-state index contributed by atoms with van der Waals surface area (Å²) in [6.45, 7) is 8.60. The first kappa shape index (κ1) is 21.5. The van der Waals surface area contributed by atoms with Crippen LogP contribution >= 0.6 is 23.0 Å². The Kier molecular flexibility index (Phi) is 6.01. The number of nitrogens with one attached hydrogen (secondary N) is 1. The highest BCUT2D eigenvalue weighted by Crippen LogP contribution is 2.40. The average molecular weight is 523 g/mol. The van der Waals surface area contributed by atoms with Gasteiger partial charge in [-0.15, -0.1) is 0 Å². The second-order valence-corrected chi connectivity index (χ2v) is 9.78. The van der Waals surface area contributed by atoms with Gasteiger partial charge in [-0.1, -0.05) is 13.3 Å². The van der Waals surface area contributed by atoms with Crippen molar-refractivity contribution in [2.75, 3.05) is 6.54 Å². The SMILES string of the molecule is CCC1CC(c2ncc(-c3ccc(OI)c4c3CCC4)[nH]2)N(C(=O)OC(C)(C)C)C1. The number of ether oxygens (including phenoxy) is 1. The highest BCUT2D eigenvalue weighted by atomic mass is 127. The van der Waals surface area contributed by atoms with Crippen molar-refractivity contribution in [2.24, 2.45) is 5.92 Å². The zero-order chi connectivity index (χ0) is 21.5. The molecule has 0 saturated carbocycles. The van der Waals surface area contributed by atoms with Crippen molar-refractivity contribution >= 4 is 29.1 Å². The predicted octanol–water partition coefficient (Wildman–Crippen LogP) is 6.00. The number of fused-ring (bicyclic) bond motifs is 1. The number of halogens is 1. The van der Waals surface area contributed by atoms with Crippen LogP contribution in [0.25, 0.3) is 11.3 Å². The monoisotopic (exact) mass is 523 g/mol. The molecule has 1 aromatic heterocycles. The number of hydrogen-bond donors (Lipinski definition) is 1. The van der Waals surface area contributed by atoms with Crippen molar-refractivity contribution in [3.63, 3.8) is 0 Å². The minimum atomic E-state index is -0.511. The Labute approximate surface area is 192 Å². The van der Waals surface area contributed by atoms with Crippen LogP contribution in [0.4, 0.5) is 4.79 Å². The Morgan fingerprint density at radius 3 is 2.77 bits per heavy atom. The second kappa shape index (κ2) is 8.40. The maximum absolute atomic E-state index is 12.9. The number of likely N-dealkylation sites (tertiary alicyclic amines) is 1. The Bertz CT molecular complexity index is 934.